The van der Waals surface area contributed by atoms with E-state index in [1.165, 1.54) is 18.4 Å². The number of nitrogens with zero attached hydrogens (tertiary/aromatic N) is 2. The fourth-order valence-electron chi connectivity index (χ4n) is 4.90. The second-order valence-corrected chi connectivity index (χ2v) is 9.05. The summed E-state index contributed by atoms with van der Waals surface area (Å²) in [6, 6.07) is 15.5. The van der Waals surface area contributed by atoms with Crippen molar-refractivity contribution in [2.45, 2.75) is 64.5 Å². The minimum absolute atomic E-state index is 0.245. The molecule has 0 radical (unpaired) electrons. The molecule has 1 fully saturated rings. The molecule has 1 saturated carbocycles. The van der Waals surface area contributed by atoms with Gasteiger partial charge in [0.15, 0.2) is 0 Å². The third kappa shape index (κ3) is 4.76. The molecule has 34 heavy (non-hydrogen) atoms. The predicted octanol–water partition coefficient (Wildman–Crippen LogP) is 6.03. The molecule has 1 aliphatic rings. The van der Waals surface area contributed by atoms with Crippen LogP contribution in [0.5, 0.6) is 0 Å². The van der Waals surface area contributed by atoms with E-state index in [0.29, 0.717) is 22.9 Å². The number of nitriles is 1. The highest BCUT2D eigenvalue weighted by atomic mass is 16.5. The van der Waals surface area contributed by atoms with Gasteiger partial charge in [-0.2, -0.15) is 5.26 Å². The molecule has 2 aromatic carbocycles. The van der Waals surface area contributed by atoms with Gasteiger partial charge in [-0.3, -0.25) is 4.79 Å². The molecule has 1 aromatic heterocycles. The average molecular weight is 458 g/mol. The van der Waals surface area contributed by atoms with Gasteiger partial charge in [0.1, 0.15) is 17.7 Å². The Balaban J connectivity index is 1.79. The molecule has 3 atom stereocenters. The number of benzene rings is 2. The molecular formula is C28H31N3O3. The van der Waals surface area contributed by atoms with Gasteiger partial charge in [0, 0.05) is 23.5 Å². The average Bonchev–Trinajstić information content (AvgIpc) is 2.84. The molecular weight excluding hydrogens is 426 g/mol. The quantitative estimate of drug-likeness (QED) is 0.450. The van der Waals surface area contributed by atoms with Crippen LogP contribution < -0.4 is 5.32 Å². The largest absolute Gasteiger partial charge is 0.480 e. The van der Waals surface area contributed by atoms with Crippen molar-refractivity contribution in [1.82, 2.24) is 4.98 Å². The molecule has 6 heteroatoms. The minimum atomic E-state index is -0.983. The number of hydrogen-bond donors (Lipinski definition) is 2. The lowest BCUT2D eigenvalue weighted by atomic mass is 9.81. The number of carbonyl (C=O) groups is 1. The number of nitrogens with one attached hydrogen (secondary N) is 1. The van der Waals surface area contributed by atoms with Crippen LogP contribution in [0.3, 0.4) is 0 Å². The number of aromatic nitrogens is 1. The Morgan fingerprint density at radius 2 is 1.97 bits per heavy atom. The Kier molecular flexibility index (Phi) is 7.14. The van der Waals surface area contributed by atoms with Gasteiger partial charge in [0.05, 0.1) is 23.0 Å². The van der Waals surface area contributed by atoms with Gasteiger partial charge in [-0.25, -0.2) is 4.98 Å². The summed E-state index contributed by atoms with van der Waals surface area (Å²) in [7, 11) is 0. The van der Waals surface area contributed by atoms with E-state index < -0.39 is 12.0 Å². The first kappa shape index (κ1) is 23.7. The molecule has 0 amide bonds. The van der Waals surface area contributed by atoms with Gasteiger partial charge < -0.3 is 15.2 Å². The molecule has 0 saturated heterocycles. The first-order valence-electron chi connectivity index (χ1n) is 12.0. The van der Waals surface area contributed by atoms with Crippen LogP contribution in [0.4, 0.5) is 5.69 Å². The monoisotopic (exact) mass is 457 g/mol. The van der Waals surface area contributed by atoms with E-state index in [4.69, 9.17) is 9.72 Å². The lowest BCUT2D eigenvalue weighted by Gasteiger charge is -2.31. The van der Waals surface area contributed by atoms with Gasteiger partial charge in [-0.15, -0.1) is 0 Å². The SMILES string of the molecule is CCOC1CCCC[C@H]1c1ccc(-c2nc3cc(C)ccc3c(N[C@H](C)C(=O)O)c2C#N)cc1. The van der Waals surface area contributed by atoms with Gasteiger partial charge in [-0.1, -0.05) is 49.2 Å². The van der Waals surface area contributed by atoms with E-state index >= 15 is 0 Å². The van der Waals surface area contributed by atoms with E-state index in [1.807, 2.05) is 44.2 Å². The smallest absolute Gasteiger partial charge is 0.325 e. The lowest BCUT2D eigenvalue weighted by Crippen LogP contribution is -2.26. The van der Waals surface area contributed by atoms with Crippen LogP contribution in [0.25, 0.3) is 22.2 Å². The van der Waals surface area contributed by atoms with Gasteiger partial charge >= 0.3 is 5.97 Å². The van der Waals surface area contributed by atoms with Crippen LogP contribution in [0.1, 0.15) is 62.1 Å². The van der Waals surface area contributed by atoms with E-state index in [0.717, 1.165) is 41.5 Å². The standard InChI is InChI=1S/C28H31N3O3/c1-4-34-25-8-6-5-7-21(25)19-10-12-20(13-11-19)26-23(16-29)27(30-18(3)28(32)33)22-14-9-17(2)15-24(22)31-26/h9-15,18,21,25H,4-8H2,1-3H3,(H,30,31)(H,32,33)/t18-,21+,25?/m1/s1. The van der Waals surface area contributed by atoms with Crippen LogP contribution in [-0.4, -0.2) is 34.8 Å². The third-order valence-electron chi connectivity index (χ3n) is 6.68. The lowest BCUT2D eigenvalue weighted by molar-refractivity contribution is -0.137. The van der Waals surface area contributed by atoms with Crippen molar-refractivity contribution < 1.29 is 14.6 Å². The van der Waals surface area contributed by atoms with Crippen molar-refractivity contribution in [3.8, 4) is 17.3 Å². The van der Waals surface area contributed by atoms with Crippen molar-refractivity contribution in [3.63, 3.8) is 0 Å². The number of hydrogen-bond acceptors (Lipinski definition) is 5. The Hall–Kier alpha value is -3.43. The Labute approximate surface area is 200 Å². The number of aliphatic carboxylic acids is 1. The van der Waals surface area contributed by atoms with Crippen LogP contribution in [0, 0.1) is 18.3 Å². The normalized spacial score (nSPS) is 18.9. The maximum atomic E-state index is 11.5. The number of pyridine rings is 1. The fourth-order valence-corrected chi connectivity index (χ4v) is 4.90. The van der Waals surface area contributed by atoms with Crippen molar-refractivity contribution in [2.75, 3.05) is 11.9 Å². The Bertz CT molecular complexity index is 1230. The van der Waals surface area contributed by atoms with Crippen molar-refractivity contribution in [1.29, 1.82) is 5.26 Å². The maximum Gasteiger partial charge on any atom is 0.325 e. The second-order valence-electron chi connectivity index (χ2n) is 9.05. The zero-order valence-corrected chi connectivity index (χ0v) is 20.0. The second kappa shape index (κ2) is 10.2. The number of carboxylic acid groups (broad SMARTS) is 1. The number of rotatable bonds is 7. The van der Waals surface area contributed by atoms with E-state index in [1.54, 1.807) is 6.92 Å². The highest BCUT2D eigenvalue weighted by Gasteiger charge is 2.27. The maximum absolute atomic E-state index is 11.5. The minimum Gasteiger partial charge on any atom is -0.480 e. The molecule has 6 nitrogen and oxygen atoms in total. The summed E-state index contributed by atoms with van der Waals surface area (Å²) in [5, 5.41) is 23.3. The number of fused-ring (bicyclic) bond motifs is 1. The Morgan fingerprint density at radius 1 is 1.24 bits per heavy atom. The zero-order chi connectivity index (χ0) is 24.2. The summed E-state index contributed by atoms with van der Waals surface area (Å²) >= 11 is 0. The third-order valence-corrected chi connectivity index (χ3v) is 6.68. The number of aryl methyl sites for hydroxylation is 1. The Morgan fingerprint density at radius 3 is 2.65 bits per heavy atom. The molecule has 1 unspecified atom stereocenters. The first-order chi connectivity index (χ1) is 16.4. The zero-order valence-electron chi connectivity index (χ0n) is 20.0. The van der Waals surface area contributed by atoms with E-state index in [2.05, 4.69) is 23.5 Å². The predicted molar refractivity (Wildman–Crippen MR) is 134 cm³/mol. The topological polar surface area (TPSA) is 95.2 Å². The number of anilines is 1. The molecule has 0 aliphatic heterocycles. The summed E-state index contributed by atoms with van der Waals surface area (Å²) in [5.74, 6) is -0.609. The van der Waals surface area contributed by atoms with Gasteiger partial charge in [0.25, 0.3) is 0 Å². The number of ether oxygens (including phenoxy) is 1. The molecule has 3 aromatic rings. The van der Waals surface area contributed by atoms with Crippen molar-refractivity contribution in [3.05, 3.63) is 59.2 Å². The van der Waals surface area contributed by atoms with Crippen LogP contribution in [-0.2, 0) is 9.53 Å². The van der Waals surface area contributed by atoms with Crippen LogP contribution in [0.15, 0.2) is 42.5 Å². The van der Waals surface area contributed by atoms with E-state index in [-0.39, 0.29) is 6.10 Å². The fraction of sp³-hybridized carbons (Fsp3) is 0.393. The summed E-state index contributed by atoms with van der Waals surface area (Å²) in [4.78, 5) is 16.4. The number of carboxylic acids is 1. The van der Waals surface area contributed by atoms with Gasteiger partial charge in [-0.05, 0) is 50.8 Å². The van der Waals surface area contributed by atoms with Crippen LogP contribution in [0.2, 0.25) is 0 Å². The molecule has 0 spiro atoms. The molecule has 2 N–H and O–H groups in total. The molecule has 176 valence electrons. The summed E-state index contributed by atoms with van der Waals surface area (Å²) in [6.45, 7) is 6.31. The first-order valence-corrected chi connectivity index (χ1v) is 12.0. The summed E-state index contributed by atoms with van der Waals surface area (Å²) in [5.41, 5.74) is 5.25. The van der Waals surface area contributed by atoms with Gasteiger partial charge in [0.2, 0.25) is 0 Å². The summed E-state index contributed by atoms with van der Waals surface area (Å²) in [6.07, 6.45) is 4.85. The highest BCUT2D eigenvalue weighted by Crippen LogP contribution is 2.38. The molecule has 1 aliphatic carbocycles. The van der Waals surface area contributed by atoms with E-state index in [9.17, 15) is 15.2 Å². The van der Waals surface area contributed by atoms with Crippen LogP contribution >= 0.6 is 0 Å². The summed E-state index contributed by atoms with van der Waals surface area (Å²) < 4.78 is 6.02. The molecule has 4 rings (SSSR count). The highest BCUT2D eigenvalue weighted by molar-refractivity contribution is 5.99. The van der Waals surface area contributed by atoms with Crippen molar-refractivity contribution in [2.24, 2.45) is 0 Å². The molecule has 1 heterocycles. The van der Waals surface area contributed by atoms with Crippen molar-refractivity contribution >= 4 is 22.6 Å². The molecule has 0 bridgehead atoms.